The molecule has 1 aliphatic heterocycles. The van der Waals surface area contributed by atoms with E-state index in [0.717, 1.165) is 0 Å². The van der Waals surface area contributed by atoms with Crippen molar-refractivity contribution in [3.63, 3.8) is 0 Å². The maximum Gasteiger partial charge on any atom is 0.272 e. The predicted molar refractivity (Wildman–Crippen MR) is 88.1 cm³/mol. The zero-order valence-electron chi connectivity index (χ0n) is 13.0. The zero-order chi connectivity index (χ0) is 15.2. The Bertz CT molecular complexity index is 487. The van der Waals surface area contributed by atoms with E-state index in [2.05, 4.69) is 20.6 Å². The van der Waals surface area contributed by atoms with Gasteiger partial charge in [-0.15, -0.1) is 0 Å². The van der Waals surface area contributed by atoms with Crippen LogP contribution in [0.25, 0.3) is 0 Å². The SMILES string of the molecule is CNc1cnc(C(C)C)nc1C(=O)NCC1CCCCS1. The summed E-state index contributed by atoms with van der Waals surface area (Å²) in [6.07, 6.45) is 5.43. The lowest BCUT2D eigenvalue weighted by molar-refractivity contribution is 0.0949. The minimum atomic E-state index is -0.116. The van der Waals surface area contributed by atoms with Gasteiger partial charge in [-0.05, 0) is 18.6 Å². The summed E-state index contributed by atoms with van der Waals surface area (Å²) in [5, 5.41) is 6.54. The highest BCUT2D eigenvalue weighted by Crippen LogP contribution is 2.24. The fourth-order valence-corrected chi connectivity index (χ4v) is 3.53. The molecule has 0 bridgehead atoms. The van der Waals surface area contributed by atoms with Gasteiger partial charge in [0.15, 0.2) is 5.69 Å². The first-order valence-corrected chi connectivity index (χ1v) is 8.61. The summed E-state index contributed by atoms with van der Waals surface area (Å²) in [5.41, 5.74) is 1.12. The minimum absolute atomic E-state index is 0.116. The summed E-state index contributed by atoms with van der Waals surface area (Å²) >= 11 is 1.96. The number of carbonyl (C=O) groups excluding carboxylic acids is 1. The molecular formula is C15H24N4OS. The van der Waals surface area contributed by atoms with E-state index in [9.17, 15) is 4.79 Å². The fourth-order valence-electron chi connectivity index (χ4n) is 2.29. The summed E-state index contributed by atoms with van der Waals surface area (Å²) in [6.45, 7) is 4.76. The fraction of sp³-hybridized carbons (Fsp3) is 0.667. The third-order valence-corrected chi connectivity index (χ3v) is 4.97. The quantitative estimate of drug-likeness (QED) is 0.875. The van der Waals surface area contributed by atoms with Gasteiger partial charge in [0.05, 0.1) is 11.9 Å². The van der Waals surface area contributed by atoms with Crippen LogP contribution in [0.5, 0.6) is 0 Å². The molecule has 1 unspecified atom stereocenters. The number of nitrogens with zero attached hydrogens (tertiary/aromatic N) is 2. The van der Waals surface area contributed by atoms with Gasteiger partial charge < -0.3 is 10.6 Å². The smallest absolute Gasteiger partial charge is 0.272 e. The number of amides is 1. The molecule has 1 saturated heterocycles. The minimum Gasteiger partial charge on any atom is -0.385 e. The first kappa shape index (κ1) is 16.1. The number of thioether (sulfide) groups is 1. The van der Waals surface area contributed by atoms with Crippen molar-refractivity contribution in [3.05, 3.63) is 17.7 Å². The lowest BCUT2D eigenvalue weighted by Gasteiger charge is -2.21. The average molecular weight is 308 g/mol. The molecule has 2 rings (SSSR count). The van der Waals surface area contributed by atoms with Crippen LogP contribution in [0.1, 0.15) is 55.3 Å². The Morgan fingerprint density at radius 2 is 2.29 bits per heavy atom. The van der Waals surface area contributed by atoms with Crippen molar-refractivity contribution in [3.8, 4) is 0 Å². The number of nitrogens with one attached hydrogen (secondary N) is 2. The number of hydrogen-bond acceptors (Lipinski definition) is 5. The number of hydrogen-bond donors (Lipinski definition) is 2. The van der Waals surface area contributed by atoms with Gasteiger partial charge in [0.2, 0.25) is 0 Å². The molecular weight excluding hydrogens is 284 g/mol. The summed E-state index contributed by atoms with van der Waals surface area (Å²) in [4.78, 5) is 21.1. The van der Waals surface area contributed by atoms with E-state index < -0.39 is 0 Å². The monoisotopic (exact) mass is 308 g/mol. The molecule has 0 spiro atoms. The van der Waals surface area contributed by atoms with Crippen LogP contribution in [0.15, 0.2) is 6.20 Å². The predicted octanol–water partition coefficient (Wildman–Crippen LogP) is 2.66. The van der Waals surface area contributed by atoms with Crippen molar-refractivity contribution in [2.24, 2.45) is 0 Å². The summed E-state index contributed by atoms with van der Waals surface area (Å²) < 4.78 is 0. The van der Waals surface area contributed by atoms with Crippen molar-refractivity contribution >= 4 is 23.4 Å². The molecule has 2 N–H and O–H groups in total. The molecule has 5 nitrogen and oxygen atoms in total. The first-order chi connectivity index (χ1) is 10.1. The van der Waals surface area contributed by atoms with E-state index in [1.807, 2.05) is 25.6 Å². The molecule has 21 heavy (non-hydrogen) atoms. The van der Waals surface area contributed by atoms with Gasteiger partial charge in [0.1, 0.15) is 5.82 Å². The van der Waals surface area contributed by atoms with E-state index in [4.69, 9.17) is 0 Å². The van der Waals surface area contributed by atoms with E-state index in [0.29, 0.717) is 29.0 Å². The van der Waals surface area contributed by atoms with Crippen LogP contribution < -0.4 is 10.6 Å². The molecule has 1 fully saturated rings. The highest BCUT2D eigenvalue weighted by Gasteiger charge is 2.19. The maximum absolute atomic E-state index is 12.4. The Kier molecular flexibility index (Phi) is 5.85. The Labute approximate surface area is 130 Å². The zero-order valence-corrected chi connectivity index (χ0v) is 13.8. The third kappa shape index (κ3) is 4.33. The van der Waals surface area contributed by atoms with Gasteiger partial charge in [-0.1, -0.05) is 20.3 Å². The second-order valence-corrected chi connectivity index (χ2v) is 7.00. The van der Waals surface area contributed by atoms with Gasteiger partial charge in [0, 0.05) is 24.8 Å². The molecule has 6 heteroatoms. The highest BCUT2D eigenvalue weighted by atomic mass is 32.2. The molecule has 0 aliphatic carbocycles. The molecule has 1 aliphatic rings. The summed E-state index contributed by atoms with van der Waals surface area (Å²) in [5.74, 6) is 1.99. The van der Waals surface area contributed by atoms with E-state index in [1.165, 1.54) is 25.0 Å². The average Bonchev–Trinajstić information content (AvgIpc) is 2.52. The highest BCUT2D eigenvalue weighted by molar-refractivity contribution is 7.99. The normalized spacial score (nSPS) is 18.6. The maximum atomic E-state index is 12.4. The number of rotatable bonds is 5. The van der Waals surface area contributed by atoms with Crippen molar-refractivity contribution in [1.29, 1.82) is 0 Å². The topological polar surface area (TPSA) is 66.9 Å². The van der Waals surface area contributed by atoms with Crippen LogP contribution in [0.4, 0.5) is 5.69 Å². The van der Waals surface area contributed by atoms with E-state index in [-0.39, 0.29) is 11.8 Å². The van der Waals surface area contributed by atoms with Crippen LogP contribution >= 0.6 is 11.8 Å². The van der Waals surface area contributed by atoms with Crippen molar-refractivity contribution < 1.29 is 4.79 Å². The van der Waals surface area contributed by atoms with Gasteiger partial charge in [-0.3, -0.25) is 4.79 Å². The van der Waals surface area contributed by atoms with Gasteiger partial charge in [0.25, 0.3) is 5.91 Å². The summed E-state index contributed by atoms with van der Waals surface area (Å²) in [7, 11) is 1.78. The number of carbonyl (C=O) groups is 1. The van der Waals surface area contributed by atoms with Gasteiger partial charge in [-0.25, -0.2) is 9.97 Å². The number of anilines is 1. The lowest BCUT2D eigenvalue weighted by atomic mass is 10.2. The van der Waals surface area contributed by atoms with Crippen LogP contribution in [0.3, 0.4) is 0 Å². The third-order valence-electron chi connectivity index (χ3n) is 3.57. The Balaban J connectivity index is 2.04. The largest absolute Gasteiger partial charge is 0.385 e. The molecule has 0 saturated carbocycles. The van der Waals surface area contributed by atoms with Crippen molar-refractivity contribution in [1.82, 2.24) is 15.3 Å². The van der Waals surface area contributed by atoms with Crippen molar-refractivity contribution in [2.75, 3.05) is 24.7 Å². The molecule has 1 aromatic rings. The first-order valence-electron chi connectivity index (χ1n) is 7.56. The molecule has 116 valence electrons. The second kappa shape index (κ2) is 7.64. The van der Waals surface area contributed by atoms with E-state index in [1.54, 1.807) is 13.2 Å². The molecule has 1 atom stereocenters. The standard InChI is InChI=1S/C15H24N4OS/c1-10(2)14-17-9-12(16-3)13(19-14)15(20)18-8-11-6-4-5-7-21-11/h9-11,16H,4-8H2,1-3H3,(H,18,20). The molecule has 0 aromatic carbocycles. The number of aromatic nitrogens is 2. The van der Waals surface area contributed by atoms with E-state index >= 15 is 0 Å². The molecule has 1 amide bonds. The Morgan fingerprint density at radius 1 is 1.48 bits per heavy atom. The van der Waals surface area contributed by atoms with Crippen LogP contribution in [0.2, 0.25) is 0 Å². The lowest BCUT2D eigenvalue weighted by Crippen LogP contribution is -2.33. The van der Waals surface area contributed by atoms with Crippen LogP contribution in [-0.2, 0) is 0 Å². The summed E-state index contributed by atoms with van der Waals surface area (Å²) in [6, 6.07) is 0. The van der Waals surface area contributed by atoms with Gasteiger partial charge >= 0.3 is 0 Å². The molecule has 1 aromatic heterocycles. The Hall–Kier alpha value is -1.30. The van der Waals surface area contributed by atoms with Crippen molar-refractivity contribution in [2.45, 2.75) is 44.3 Å². The Morgan fingerprint density at radius 3 is 2.90 bits per heavy atom. The van der Waals surface area contributed by atoms with Crippen LogP contribution in [0, 0.1) is 0 Å². The van der Waals surface area contributed by atoms with Gasteiger partial charge in [-0.2, -0.15) is 11.8 Å². The second-order valence-electron chi connectivity index (χ2n) is 5.59. The molecule has 2 heterocycles. The van der Waals surface area contributed by atoms with Crippen LogP contribution in [-0.4, -0.2) is 40.5 Å². The molecule has 0 radical (unpaired) electrons.